The second-order valence-corrected chi connectivity index (χ2v) is 9.80. The van der Waals surface area contributed by atoms with Crippen LogP contribution in [0.2, 0.25) is 0 Å². The van der Waals surface area contributed by atoms with Crippen LogP contribution in [0.1, 0.15) is 82.3 Å². The summed E-state index contributed by atoms with van der Waals surface area (Å²) in [6.07, 6.45) is 16.2. The fraction of sp³-hybridized carbons (Fsp3) is 0.394. The average molecular weight is 453 g/mol. The molecule has 1 nitrogen and oxygen atoms in total. The van der Waals surface area contributed by atoms with Crippen molar-refractivity contribution >= 4 is 5.57 Å². The molecular formula is C33H40O. The summed E-state index contributed by atoms with van der Waals surface area (Å²) in [7, 11) is 0. The maximum absolute atomic E-state index is 5.93. The van der Waals surface area contributed by atoms with Crippen molar-refractivity contribution in [2.24, 2.45) is 5.92 Å². The first-order valence-electron chi connectivity index (χ1n) is 13.4. The average Bonchev–Trinajstić information content (AvgIpc) is 2.91. The van der Waals surface area contributed by atoms with Gasteiger partial charge < -0.3 is 4.74 Å². The number of allylic oxidation sites excluding steroid dienone is 2. The molecule has 0 aromatic heterocycles. The van der Waals surface area contributed by atoms with Gasteiger partial charge in [-0.2, -0.15) is 0 Å². The van der Waals surface area contributed by atoms with Gasteiger partial charge >= 0.3 is 0 Å². The molecule has 0 amide bonds. The monoisotopic (exact) mass is 452 g/mol. The smallest absolute Gasteiger partial charge is 0.119 e. The van der Waals surface area contributed by atoms with Crippen molar-refractivity contribution in [2.45, 2.75) is 77.7 Å². The van der Waals surface area contributed by atoms with Crippen LogP contribution in [0.5, 0.6) is 5.75 Å². The molecule has 178 valence electrons. The van der Waals surface area contributed by atoms with Crippen molar-refractivity contribution in [3.05, 3.63) is 96.1 Å². The lowest BCUT2D eigenvalue weighted by molar-refractivity contribution is 0.306. The third kappa shape index (κ3) is 7.35. The van der Waals surface area contributed by atoms with E-state index in [4.69, 9.17) is 4.74 Å². The second-order valence-electron chi connectivity index (χ2n) is 9.80. The highest BCUT2D eigenvalue weighted by atomic mass is 16.5. The fourth-order valence-electron chi connectivity index (χ4n) is 4.99. The van der Waals surface area contributed by atoms with E-state index in [2.05, 4.69) is 73.7 Å². The summed E-state index contributed by atoms with van der Waals surface area (Å²) in [6, 6.07) is 27.9. The Hall–Kier alpha value is -2.80. The van der Waals surface area contributed by atoms with E-state index in [9.17, 15) is 0 Å². The largest absolute Gasteiger partial charge is 0.489 e. The first-order valence-corrected chi connectivity index (χ1v) is 13.4. The Labute approximate surface area is 206 Å². The highest BCUT2D eigenvalue weighted by Gasteiger charge is 2.15. The van der Waals surface area contributed by atoms with Gasteiger partial charge in [0.1, 0.15) is 12.4 Å². The molecule has 0 radical (unpaired) electrons. The quantitative estimate of drug-likeness (QED) is 0.248. The number of rotatable bonds is 12. The molecule has 0 saturated carbocycles. The molecule has 1 heteroatoms. The van der Waals surface area contributed by atoms with Crippen molar-refractivity contribution in [1.82, 2.24) is 0 Å². The van der Waals surface area contributed by atoms with Gasteiger partial charge in [-0.1, -0.05) is 125 Å². The predicted molar refractivity (Wildman–Crippen MR) is 146 cm³/mol. The van der Waals surface area contributed by atoms with Crippen LogP contribution in [-0.2, 0) is 6.61 Å². The van der Waals surface area contributed by atoms with Crippen molar-refractivity contribution in [3.63, 3.8) is 0 Å². The summed E-state index contributed by atoms with van der Waals surface area (Å²) in [5.41, 5.74) is 6.61. The molecule has 0 saturated heterocycles. The zero-order chi connectivity index (χ0) is 23.4. The van der Waals surface area contributed by atoms with E-state index in [1.54, 1.807) is 0 Å². The summed E-state index contributed by atoms with van der Waals surface area (Å²) < 4.78 is 5.93. The van der Waals surface area contributed by atoms with Crippen LogP contribution in [0, 0.1) is 5.92 Å². The van der Waals surface area contributed by atoms with E-state index in [0.717, 1.165) is 11.7 Å². The Morgan fingerprint density at radius 3 is 2.03 bits per heavy atom. The molecule has 1 atom stereocenters. The molecule has 1 aliphatic rings. The van der Waals surface area contributed by atoms with Gasteiger partial charge in [-0.25, -0.2) is 0 Å². The SMILES string of the molecule is CCCCCCCCC1CC=C(c2ccc(-c3ccc(OCc4ccccc4)cc3)cc2)CC1. The molecule has 0 heterocycles. The zero-order valence-corrected chi connectivity index (χ0v) is 20.8. The van der Waals surface area contributed by atoms with E-state index < -0.39 is 0 Å². The van der Waals surface area contributed by atoms with Crippen LogP contribution in [0.25, 0.3) is 16.7 Å². The maximum Gasteiger partial charge on any atom is 0.119 e. The number of ether oxygens (including phenoxy) is 1. The number of benzene rings is 3. The van der Waals surface area contributed by atoms with E-state index in [-0.39, 0.29) is 0 Å². The summed E-state index contributed by atoms with van der Waals surface area (Å²) >= 11 is 0. The second kappa shape index (κ2) is 13.2. The topological polar surface area (TPSA) is 9.23 Å². The lowest BCUT2D eigenvalue weighted by Gasteiger charge is -2.22. The Morgan fingerprint density at radius 1 is 0.706 bits per heavy atom. The Kier molecular flexibility index (Phi) is 9.43. The van der Waals surface area contributed by atoms with Gasteiger partial charge in [-0.3, -0.25) is 0 Å². The van der Waals surface area contributed by atoms with Crippen molar-refractivity contribution in [1.29, 1.82) is 0 Å². The van der Waals surface area contributed by atoms with Gasteiger partial charge in [0.05, 0.1) is 0 Å². The van der Waals surface area contributed by atoms with Crippen LogP contribution in [0.4, 0.5) is 0 Å². The Balaban J connectivity index is 1.25. The van der Waals surface area contributed by atoms with Gasteiger partial charge in [-0.05, 0) is 65.1 Å². The number of hydrogen-bond acceptors (Lipinski definition) is 1. The van der Waals surface area contributed by atoms with Crippen LogP contribution < -0.4 is 4.74 Å². The van der Waals surface area contributed by atoms with Crippen LogP contribution >= 0.6 is 0 Å². The van der Waals surface area contributed by atoms with E-state index in [0.29, 0.717) is 6.61 Å². The molecule has 3 aromatic rings. The molecule has 0 bridgehead atoms. The summed E-state index contributed by atoms with van der Waals surface area (Å²) in [5, 5.41) is 0. The molecule has 0 aliphatic heterocycles. The van der Waals surface area contributed by atoms with E-state index in [1.165, 1.54) is 92.0 Å². The lowest BCUT2D eigenvalue weighted by atomic mass is 9.83. The third-order valence-electron chi connectivity index (χ3n) is 7.18. The van der Waals surface area contributed by atoms with Crippen molar-refractivity contribution in [2.75, 3.05) is 0 Å². The summed E-state index contributed by atoms with van der Waals surface area (Å²) in [6.45, 7) is 2.89. The van der Waals surface area contributed by atoms with Gasteiger partial charge in [0, 0.05) is 0 Å². The standard InChI is InChI=1S/C33H40O/c1-2-3-4-5-6-8-11-27-14-16-29(17-15-27)30-18-20-31(21-19-30)32-22-24-33(25-23-32)34-26-28-12-9-7-10-13-28/h7,9-10,12-13,16,18-25,27H,2-6,8,11,14-15,17,26H2,1H3. The van der Waals surface area contributed by atoms with Gasteiger partial charge in [-0.15, -0.1) is 0 Å². The van der Waals surface area contributed by atoms with Crippen LogP contribution in [0.15, 0.2) is 84.9 Å². The zero-order valence-electron chi connectivity index (χ0n) is 20.8. The van der Waals surface area contributed by atoms with Gasteiger partial charge in [0.2, 0.25) is 0 Å². The van der Waals surface area contributed by atoms with Crippen LogP contribution in [0.3, 0.4) is 0 Å². The van der Waals surface area contributed by atoms with Crippen molar-refractivity contribution < 1.29 is 4.74 Å². The molecule has 3 aromatic carbocycles. The molecule has 1 unspecified atom stereocenters. The van der Waals surface area contributed by atoms with Gasteiger partial charge in [0.25, 0.3) is 0 Å². The first-order chi connectivity index (χ1) is 16.8. The minimum absolute atomic E-state index is 0.601. The molecule has 0 spiro atoms. The minimum Gasteiger partial charge on any atom is -0.489 e. The third-order valence-corrected chi connectivity index (χ3v) is 7.18. The minimum atomic E-state index is 0.601. The molecule has 1 aliphatic carbocycles. The normalized spacial score (nSPS) is 15.7. The summed E-state index contributed by atoms with van der Waals surface area (Å²) in [4.78, 5) is 0. The molecule has 0 fully saturated rings. The van der Waals surface area contributed by atoms with Gasteiger partial charge in [0.15, 0.2) is 0 Å². The van der Waals surface area contributed by atoms with Crippen molar-refractivity contribution in [3.8, 4) is 16.9 Å². The molecule has 4 rings (SSSR count). The predicted octanol–water partition coefficient (Wildman–Crippen LogP) is 9.87. The molecule has 0 N–H and O–H groups in total. The van der Waals surface area contributed by atoms with E-state index >= 15 is 0 Å². The number of hydrogen-bond donors (Lipinski definition) is 0. The first kappa shape index (κ1) is 24.3. The fourth-order valence-corrected chi connectivity index (χ4v) is 4.99. The van der Waals surface area contributed by atoms with E-state index in [1.807, 2.05) is 18.2 Å². The highest BCUT2D eigenvalue weighted by Crippen LogP contribution is 2.34. The Bertz CT molecular complexity index is 999. The maximum atomic E-state index is 5.93. The Morgan fingerprint density at radius 2 is 1.35 bits per heavy atom. The van der Waals surface area contributed by atoms with Crippen LogP contribution in [-0.4, -0.2) is 0 Å². The molecule has 34 heavy (non-hydrogen) atoms. The lowest BCUT2D eigenvalue weighted by Crippen LogP contribution is -2.05. The molecular weight excluding hydrogens is 412 g/mol. The highest BCUT2D eigenvalue weighted by molar-refractivity contribution is 5.71. The number of unbranched alkanes of at least 4 members (excludes halogenated alkanes) is 5. The summed E-state index contributed by atoms with van der Waals surface area (Å²) in [5.74, 6) is 1.81.